The first-order valence-electron chi connectivity index (χ1n) is 5.78. The third-order valence-electron chi connectivity index (χ3n) is 3.04. The number of hydrogen-bond acceptors (Lipinski definition) is 2. The molecule has 0 radical (unpaired) electrons. The Morgan fingerprint density at radius 2 is 1.67 bits per heavy atom. The minimum Gasteiger partial charge on any atom is -0.492 e. The molecule has 3 heteroatoms. The normalized spacial score (nSPS) is 12.2. The Kier molecular flexibility index (Phi) is 2.80. The number of rotatable bonds is 3. The molecule has 0 aliphatic heterocycles. The van der Waals surface area contributed by atoms with Crippen LogP contribution in [0.5, 0.6) is 5.75 Å². The van der Waals surface area contributed by atoms with Gasteiger partial charge in [-0.2, -0.15) is 0 Å². The van der Waals surface area contributed by atoms with E-state index in [0.29, 0.717) is 23.8 Å². The predicted molar refractivity (Wildman–Crippen MR) is 71.5 cm³/mol. The average molecular weight is 259 g/mol. The van der Waals surface area contributed by atoms with Crippen molar-refractivity contribution in [3.8, 4) is 16.9 Å². The molecule has 0 bridgehead atoms. The number of hydrogen-bond donors (Lipinski definition) is 0. The number of alkyl halides is 1. The summed E-state index contributed by atoms with van der Waals surface area (Å²) < 4.78 is 5.44. The number of fused-ring (bicyclic) bond motifs is 3. The first-order chi connectivity index (χ1) is 8.81. The monoisotopic (exact) mass is 258 g/mol. The average Bonchev–Trinajstić information content (AvgIpc) is 2.71. The van der Waals surface area contributed by atoms with E-state index in [0.717, 1.165) is 16.7 Å². The van der Waals surface area contributed by atoms with E-state index in [1.165, 1.54) is 0 Å². The Bertz CT molecular complexity index is 620. The minimum absolute atomic E-state index is 0.0666. The topological polar surface area (TPSA) is 26.3 Å². The molecule has 0 atom stereocenters. The van der Waals surface area contributed by atoms with Crippen LogP contribution in [0, 0.1) is 0 Å². The molecule has 3 rings (SSSR count). The maximum atomic E-state index is 12.2. The van der Waals surface area contributed by atoms with Crippen LogP contribution in [-0.4, -0.2) is 18.3 Å². The van der Waals surface area contributed by atoms with Crippen molar-refractivity contribution in [2.24, 2.45) is 0 Å². The Balaban J connectivity index is 2.05. The van der Waals surface area contributed by atoms with E-state index in [1.54, 1.807) is 6.07 Å². The van der Waals surface area contributed by atoms with Crippen molar-refractivity contribution in [1.29, 1.82) is 0 Å². The Morgan fingerprint density at radius 1 is 0.944 bits per heavy atom. The standard InChI is InChI=1S/C15H11ClO2/c16-7-8-18-10-5-6-12-11-3-1-2-4-13(11)15(17)14(12)9-10/h1-6,9H,7-8H2. The van der Waals surface area contributed by atoms with Crippen LogP contribution >= 0.6 is 11.6 Å². The lowest BCUT2D eigenvalue weighted by Gasteiger charge is -2.05. The van der Waals surface area contributed by atoms with Crippen molar-refractivity contribution >= 4 is 17.4 Å². The quantitative estimate of drug-likeness (QED) is 0.672. The lowest BCUT2D eigenvalue weighted by molar-refractivity contribution is 0.104. The van der Waals surface area contributed by atoms with Crippen molar-refractivity contribution in [1.82, 2.24) is 0 Å². The molecule has 2 aromatic rings. The van der Waals surface area contributed by atoms with E-state index in [-0.39, 0.29) is 5.78 Å². The van der Waals surface area contributed by atoms with E-state index in [9.17, 15) is 4.79 Å². The fourth-order valence-corrected chi connectivity index (χ4v) is 2.33. The smallest absolute Gasteiger partial charge is 0.194 e. The number of ketones is 1. The van der Waals surface area contributed by atoms with E-state index < -0.39 is 0 Å². The fraction of sp³-hybridized carbons (Fsp3) is 0.133. The van der Waals surface area contributed by atoms with Gasteiger partial charge in [-0.15, -0.1) is 11.6 Å². The van der Waals surface area contributed by atoms with Gasteiger partial charge >= 0.3 is 0 Å². The highest BCUT2D eigenvalue weighted by Gasteiger charge is 2.26. The summed E-state index contributed by atoms with van der Waals surface area (Å²) in [5.74, 6) is 1.19. The van der Waals surface area contributed by atoms with Gasteiger partial charge in [0.05, 0.1) is 5.88 Å². The molecule has 18 heavy (non-hydrogen) atoms. The Morgan fingerprint density at radius 3 is 2.44 bits per heavy atom. The number of carbonyl (C=O) groups is 1. The first kappa shape index (κ1) is 11.3. The van der Waals surface area contributed by atoms with Crippen LogP contribution in [-0.2, 0) is 0 Å². The second-order valence-corrected chi connectivity index (χ2v) is 4.50. The van der Waals surface area contributed by atoms with Crippen LogP contribution in [0.3, 0.4) is 0 Å². The van der Waals surface area contributed by atoms with E-state index >= 15 is 0 Å². The summed E-state index contributed by atoms with van der Waals surface area (Å²) in [5, 5.41) is 0. The van der Waals surface area contributed by atoms with Gasteiger partial charge in [-0.05, 0) is 29.3 Å². The van der Waals surface area contributed by atoms with Gasteiger partial charge in [0, 0.05) is 11.1 Å². The molecule has 0 unspecified atom stereocenters. The molecule has 0 saturated carbocycles. The zero-order chi connectivity index (χ0) is 12.5. The van der Waals surface area contributed by atoms with E-state index in [2.05, 4.69) is 0 Å². The van der Waals surface area contributed by atoms with Gasteiger partial charge in [-0.1, -0.05) is 24.3 Å². The predicted octanol–water partition coefficient (Wildman–Crippen LogP) is 3.52. The highest BCUT2D eigenvalue weighted by atomic mass is 35.5. The molecule has 0 amide bonds. The largest absolute Gasteiger partial charge is 0.492 e. The first-order valence-corrected chi connectivity index (χ1v) is 6.31. The molecule has 0 N–H and O–H groups in total. The summed E-state index contributed by atoms with van der Waals surface area (Å²) in [6.07, 6.45) is 0. The number of carbonyl (C=O) groups excluding carboxylic acids is 1. The molecule has 0 heterocycles. The van der Waals surface area contributed by atoms with Crippen LogP contribution in [0.25, 0.3) is 11.1 Å². The number of benzene rings is 2. The molecule has 90 valence electrons. The summed E-state index contributed by atoms with van der Waals surface area (Å²) in [4.78, 5) is 12.2. The SMILES string of the molecule is O=C1c2ccccc2-c2ccc(OCCCl)cc21. The Labute approximate surface area is 110 Å². The molecule has 0 aromatic heterocycles. The van der Waals surface area contributed by atoms with Crippen molar-refractivity contribution in [3.05, 3.63) is 53.6 Å². The third kappa shape index (κ3) is 1.70. The number of halogens is 1. The van der Waals surface area contributed by atoms with Gasteiger partial charge in [-0.3, -0.25) is 4.79 Å². The van der Waals surface area contributed by atoms with Crippen LogP contribution in [0.2, 0.25) is 0 Å². The van der Waals surface area contributed by atoms with Gasteiger partial charge in [0.15, 0.2) is 5.78 Å². The summed E-state index contributed by atoms with van der Waals surface area (Å²) >= 11 is 5.58. The van der Waals surface area contributed by atoms with Gasteiger partial charge in [0.1, 0.15) is 12.4 Å². The van der Waals surface area contributed by atoms with Crippen molar-refractivity contribution < 1.29 is 9.53 Å². The lowest BCUT2D eigenvalue weighted by atomic mass is 10.1. The van der Waals surface area contributed by atoms with Crippen molar-refractivity contribution in [3.63, 3.8) is 0 Å². The maximum absolute atomic E-state index is 12.2. The van der Waals surface area contributed by atoms with Crippen LogP contribution in [0.15, 0.2) is 42.5 Å². The molecule has 1 aliphatic carbocycles. The second kappa shape index (κ2) is 4.46. The van der Waals surface area contributed by atoms with Crippen LogP contribution < -0.4 is 4.74 Å². The van der Waals surface area contributed by atoms with Crippen molar-refractivity contribution in [2.75, 3.05) is 12.5 Å². The molecular formula is C15H11ClO2. The van der Waals surface area contributed by atoms with Crippen LogP contribution in [0.4, 0.5) is 0 Å². The molecular weight excluding hydrogens is 248 g/mol. The summed E-state index contributed by atoms with van der Waals surface area (Å²) in [7, 11) is 0. The summed E-state index contributed by atoms with van der Waals surface area (Å²) in [6, 6.07) is 13.3. The van der Waals surface area contributed by atoms with E-state index in [1.807, 2.05) is 36.4 Å². The highest BCUT2D eigenvalue weighted by molar-refractivity contribution is 6.21. The summed E-state index contributed by atoms with van der Waals surface area (Å²) in [5.41, 5.74) is 3.46. The summed E-state index contributed by atoms with van der Waals surface area (Å²) in [6.45, 7) is 0.446. The molecule has 0 spiro atoms. The van der Waals surface area contributed by atoms with Crippen molar-refractivity contribution in [2.45, 2.75) is 0 Å². The van der Waals surface area contributed by atoms with Gasteiger partial charge in [-0.25, -0.2) is 0 Å². The zero-order valence-electron chi connectivity index (χ0n) is 9.65. The molecule has 2 aromatic carbocycles. The molecule has 0 fully saturated rings. The second-order valence-electron chi connectivity index (χ2n) is 4.12. The highest BCUT2D eigenvalue weighted by Crippen LogP contribution is 2.37. The zero-order valence-corrected chi connectivity index (χ0v) is 10.4. The third-order valence-corrected chi connectivity index (χ3v) is 3.20. The Hall–Kier alpha value is -1.80. The molecule has 2 nitrogen and oxygen atoms in total. The van der Waals surface area contributed by atoms with E-state index in [4.69, 9.17) is 16.3 Å². The van der Waals surface area contributed by atoms with Gasteiger partial charge < -0.3 is 4.74 Å². The number of ether oxygens (including phenoxy) is 1. The van der Waals surface area contributed by atoms with Gasteiger partial charge in [0.25, 0.3) is 0 Å². The van der Waals surface area contributed by atoms with Gasteiger partial charge in [0.2, 0.25) is 0 Å². The van der Waals surface area contributed by atoms with Crippen LogP contribution in [0.1, 0.15) is 15.9 Å². The molecule has 1 aliphatic rings. The fourth-order valence-electron chi connectivity index (χ4n) is 2.25. The lowest BCUT2D eigenvalue weighted by Crippen LogP contribution is -2.00. The minimum atomic E-state index is 0.0666. The maximum Gasteiger partial charge on any atom is 0.194 e. The molecule has 0 saturated heterocycles.